The number of benzene rings is 2. The molecule has 31 heavy (non-hydrogen) atoms. The van der Waals surface area contributed by atoms with E-state index in [1.807, 2.05) is 17.1 Å². The van der Waals surface area contributed by atoms with Gasteiger partial charge in [0.1, 0.15) is 7.05 Å². The SMILES string of the molecule is [C-]#[N+]c1ccc2c(c1)C(C)(C/C=C/Br)C(/C=C/c1ccc(N3CCNCC3)cc1)=[N+]2C. The number of fused-ring (bicyclic) bond motifs is 1. The molecule has 0 spiro atoms. The third-order valence-electron chi connectivity index (χ3n) is 6.42. The van der Waals surface area contributed by atoms with Crippen molar-refractivity contribution in [2.45, 2.75) is 18.8 Å². The maximum Gasteiger partial charge on any atom is 0.207 e. The predicted octanol–water partition coefficient (Wildman–Crippen LogP) is 5.65. The Balaban J connectivity index is 1.63. The smallest absolute Gasteiger partial charge is 0.207 e. The molecule has 2 heterocycles. The van der Waals surface area contributed by atoms with Crippen LogP contribution in [0.2, 0.25) is 0 Å². The molecule has 1 N–H and O–H groups in total. The lowest BCUT2D eigenvalue weighted by atomic mass is 9.76. The third-order valence-corrected chi connectivity index (χ3v) is 6.79. The summed E-state index contributed by atoms with van der Waals surface area (Å²) in [5.41, 5.74) is 6.60. The lowest BCUT2D eigenvalue weighted by Gasteiger charge is -2.29. The van der Waals surface area contributed by atoms with E-state index in [-0.39, 0.29) is 5.41 Å². The van der Waals surface area contributed by atoms with Crippen LogP contribution in [0.5, 0.6) is 0 Å². The number of halogens is 1. The first kappa shape index (κ1) is 21.5. The number of rotatable bonds is 5. The molecule has 0 saturated carbocycles. The van der Waals surface area contributed by atoms with E-state index in [1.165, 1.54) is 28.2 Å². The van der Waals surface area contributed by atoms with E-state index >= 15 is 0 Å². The molecule has 5 heteroatoms. The summed E-state index contributed by atoms with van der Waals surface area (Å²) in [6.07, 6.45) is 7.44. The molecule has 0 bridgehead atoms. The van der Waals surface area contributed by atoms with Gasteiger partial charge in [0.2, 0.25) is 5.69 Å². The fourth-order valence-corrected chi connectivity index (χ4v) is 4.84. The number of nitrogens with one attached hydrogen (secondary N) is 1. The molecule has 0 aliphatic carbocycles. The fourth-order valence-electron chi connectivity index (χ4n) is 4.65. The van der Waals surface area contributed by atoms with Crippen molar-refractivity contribution < 1.29 is 4.58 Å². The lowest BCUT2D eigenvalue weighted by Crippen LogP contribution is -2.43. The second-order valence-electron chi connectivity index (χ2n) is 8.32. The molecule has 2 aliphatic rings. The fraction of sp³-hybridized carbons (Fsp3) is 0.308. The highest BCUT2D eigenvalue weighted by molar-refractivity contribution is 9.11. The number of hydrogen-bond acceptors (Lipinski definition) is 2. The van der Waals surface area contributed by atoms with E-state index < -0.39 is 0 Å². The first-order chi connectivity index (χ1) is 15.1. The van der Waals surface area contributed by atoms with Crippen LogP contribution in [-0.4, -0.2) is 43.5 Å². The Bertz CT molecular complexity index is 1090. The van der Waals surface area contributed by atoms with Gasteiger partial charge in [-0.3, -0.25) is 0 Å². The van der Waals surface area contributed by atoms with E-state index in [1.54, 1.807) is 0 Å². The molecule has 4 nitrogen and oxygen atoms in total. The molecule has 1 atom stereocenters. The normalized spacial score (nSPS) is 21.2. The van der Waals surface area contributed by atoms with Crippen molar-refractivity contribution in [3.63, 3.8) is 0 Å². The first-order valence-corrected chi connectivity index (χ1v) is 11.6. The summed E-state index contributed by atoms with van der Waals surface area (Å²) >= 11 is 3.42. The summed E-state index contributed by atoms with van der Waals surface area (Å²) in [5.74, 6) is 0. The molecule has 0 amide bonds. The monoisotopic (exact) mass is 475 g/mol. The Morgan fingerprint density at radius 1 is 1.16 bits per heavy atom. The Morgan fingerprint density at radius 3 is 2.58 bits per heavy atom. The van der Waals surface area contributed by atoms with Gasteiger partial charge in [0.25, 0.3) is 0 Å². The van der Waals surface area contributed by atoms with Crippen LogP contribution >= 0.6 is 15.9 Å². The topological polar surface area (TPSA) is 22.6 Å². The Hall–Kier alpha value is -2.68. The molecule has 0 radical (unpaired) electrons. The number of anilines is 1. The largest absolute Gasteiger partial charge is 0.369 e. The van der Waals surface area contributed by atoms with Gasteiger partial charge >= 0.3 is 0 Å². The van der Waals surface area contributed by atoms with E-state index in [4.69, 9.17) is 6.57 Å². The molecule has 158 valence electrons. The van der Waals surface area contributed by atoms with E-state index in [9.17, 15) is 0 Å². The molecule has 2 aromatic rings. The molecule has 1 fully saturated rings. The number of nitrogens with zero attached hydrogens (tertiary/aromatic N) is 3. The summed E-state index contributed by atoms with van der Waals surface area (Å²) in [6.45, 7) is 13.9. The zero-order valence-electron chi connectivity index (χ0n) is 18.1. The van der Waals surface area contributed by atoms with Crippen LogP contribution in [0.1, 0.15) is 24.5 Å². The van der Waals surface area contributed by atoms with Crippen molar-refractivity contribution in [3.05, 3.63) is 82.1 Å². The van der Waals surface area contributed by atoms with Gasteiger partial charge in [0.15, 0.2) is 11.4 Å². The molecule has 0 aromatic heterocycles. The van der Waals surface area contributed by atoms with E-state index in [0.29, 0.717) is 5.69 Å². The van der Waals surface area contributed by atoms with Crippen LogP contribution in [0.25, 0.3) is 10.9 Å². The molecule has 2 aliphatic heterocycles. The number of allylic oxidation sites excluding steroid dienone is 2. The van der Waals surface area contributed by atoms with E-state index in [0.717, 1.165) is 32.6 Å². The van der Waals surface area contributed by atoms with Crippen LogP contribution in [0.3, 0.4) is 0 Å². The zero-order chi connectivity index (χ0) is 21.8. The molecular weight excluding hydrogens is 448 g/mol. The van der Waals surface area contributed by atoms with Crippen LogP contribution in [0, 0.1) is 6.57 Å². The van der Waals surface area contributed by atoms with Gasteiger partial charge in [-0.2, -0.15) is 4.58 Å². The summed E-state index contributed by atoms with van der Waals surface area (Å²) in [7, 11) is 2.12. The van der Waals surface area contributed by atoms with Crippen LogP contribution in [0.15, 0.2) is 59.6 Å². The van der Waals surface area contributed by atoms with E-state index in [2.05, 4.69) is 98.1 Å². The molecule has 2 aromatic carbocycles. The highest BCUT2D eigenvalue weighted by atomic mass is 79.9. The predicted molar refractivity (Wildman–Crippen MR) is 134 cm³/mol. The maximum atomic E-state index is 7.42. The van der Waals surface area contributed by atoms with Gasteiger partial charge in [-0.15, -0.1) is 0 Å². The second-order valence-corrected chi connectivity index (χ2v) is 8.85. The van der Waals surface area contributed by atoms with Crippen molar-refractivity contribution in [1.29, 1.82) is 0 Å². The van der Waals surface area contributed by atoms with Crippen LogP contribution in [-0.2, 0) is 5.41 Å². The Labute approximate surface area is 193 Å². The first-order valence-electron chi connectivity index (χ1n) is 10.7. The van der Waals surface area contributed by atoms with Crippen molar-refractivity contribution in [3.8, 4) is 0 Å². The number of piperazine rings is 1. The number of hydrogen-bond donors (Lipinski definition) is 1. The highest BCUT2D eigenvalue weighted by Crippen LogP contribution is 2.44. The second kappa shape index (κ2) is 9.21. The minimum absolute atomic E-state index is 0.188. The Morgan fingerprint density at radius 2 is 1.90 bits per heavy atom. The van der Waals surface area contributed by atoms with Crippen molar-refractivity contribution in [1.82, 2.24) is 5.32 Å². The minimum atomic E-state index is -0.188. The summed E-state index contributed by atoms with van der Waals surface area (Å²) < 4.78 is 2.26. The zero-order valence-corrected chi connectivity index (χ0v) is 19.7. The van der Waals surface area contributed by atoms with Gasteiger partial charge < -0.3 is 10.2 Å². The van der Waals surface area contributed by atoms with Crippen molar-refractivity contribution in [2.75, 3.05) is 38.1 Å². The minimum Gasteiger partial charge on any atom is -0.369 e. The van der Waals surface area contributed by atoms with Gasteiger partial charge in [0, 0.05) is 43.5 Å². The summed E-state index contributed by atoms with van der Waals surface area (Å²) in [4.78, 5) is 8.00. The average molecular weight is 476 g/mol. The maximum absolute atomic E-state index is 7.42. The van der Waals surface area contributed by atoms with Crippen LogP contribution < -0.4 is 10.2 Å². The summed E-state index contributed by atoms with van der Waals surface area (Å²) in [5, 5.41) is 3.40. The quantitative estimate of drug-likeness (QED) is 0.446. The van der Waals surface area contributed by atoms with Gasteiger partial charge in [-0.1, -0.05) is 34.1 Å². The van der Waals surface area contributed by atoms with Crippen molar-refractivity contribution in [2.24, 2.45) is 0 Å². The molecule has 1 saturated heterocycles. The van der Waals surface area contributed by atoms with Gasteiger partial charge in [-0.25, -0.2) is 4.85 Å². The third kappa shape index (κ3) is 4.23. The van der Waals surface area contributed by atoms with Crippen molar-refractivity contribution >= 4 is 44.8 Å². The molecular formula is C26H28BrN4+. The standard InChI is InChI=1S/C26H28BrN4/c1-26(13-4-14-27)23-19-21(28-2)8-11-24(23)30(3)25(26)12-7-20-5-9-22(10-6-20)31-17-15-29-16-18-31/h4-12,14,19,29H,13,15-18H2,1,3H3/q+1/b14-4+. The Kier molecular flexibility index (Phi) is 6.41. The molecule has 1 unspecified atom stereocenters. The average Bonchev–Trinajstić information content (AvgIpc) is 3.03. The highest BCUT2D eigenvalue weighted by Gasteiger charge is 2.45. The van der Waals surface area contributed by atoms with Crippen LogP contribution in [0.4, 0.5) is 17.1 Å². The molecule has 4 rings (SSSR count). The van der Waals surface area contributed by atoms with Gasteiger partial charge in [-0.05, 0) is 60.3 Å². The summed E-state index contributed by atoms with van der Waals surface area (Å²) in [6, 6.07) is 14.9. The lowest BCUT2D eigenvalue weighted by molar-refractivity contribution is -0.401. The van der Waals surface area contributed by atoms with Gasteiger partial charge in [0.05, 0.1) is 12.0 Å².